The van der Waals surface area contributed by atoms with Gasteiger partial charge in [0.25, 0.3) is 0 Å². The van der Waals surface area contributed by atoms with Crippen molar-refractivity contribution in [3.05, 3.63) is 0 Å². The molecule has 0 saturated carbocycles. The second-order valence-electron chi connectivity index (χ2n) is 4.73. The van der Waals surface area contributed by atoms with Gasteiger partial charge in [-0.25, -0.2) is 0 Å². The molecule has 0 amide bonds. The predicted molar refractivity (Wildman–Crippen MR) is 60.2 cm³/mol. The third-order valence-corrected chi connectivity index (χ3v) is 2.03. The summed E-state index contributed by atoms with van der Waals surface area (Å²) in [6.45, 7) is 9.52. The molecule has 0 atom stereocenters. The van der Waals surface area contributed by atoms with E-state index in [2.05, 4.69) is 27.7 Å². The fourth-order valence-corrected chi connectivity index (χ4v) is 1.26. The second-order valence-corrected chi connectivity index (χ2v) is 4.73. The summed E-state index contributed by atoms with van der Waals surface area (Å²) in [6, 6.07) is 0. The van der Waals surface area contributed by atoms with Crippen LogP contribution in [0.25, 0.3) is 0 Å². The summed E-state index contributed by atoms with van der Waals surface area (Å²) in [5.41, 5.74) is 0.0451. The summed E-state index contributed by atoms with van der Waals surface area (Å²) in [6.07, 6.45) is 8.04. The zero-order valence-electron chi connectivity index (χ0n) is 11.9. The second kappa shape index (κ2) is 10.1. The fraction of sp³-hybridized carbons (Fsp3) is 1.00. The standard InChI is InChI=1S/C12H26O.Li.H/c1-5-6-7-8-9-10-11-13-12(2,3)4;;/h5-11H2,1-4H3;;/q;+1;-1. The summed E-state index contributed by atoms with van der Waals surface area (Å²) in [5.74, 6) is 0. The Morgan fingerprint density at radius 3 is 1.93 bits per heavy atom. The van der Waals surface area contributed by atoms with Crippen molar-refractivity contribution in [1.82, 2.24) is 0 Å². The van der Waals surface area contributed by atoms with Crippen molar-refractivity contribution in [2.24, 2.45) is 0 Å². The normalized spacial score (nSPS) is 11.1. The van der Waals surface area contributed by atoms with Crippen molar-refractivity contribution in [3.63, 3.8) is 0 Å². The van der Waals surface area contributed by atoms with Gasteiger partial charge in [-0.15, -0.1) is 0 Å². The summed E-state index contributed by atoms with van der Waals surface area (Å²) in [4.78, 5) is 0. The molecule has 0 rings (SSSR count). The Hall–Kier alpha value is 0.557. The first kappa shape index (κ1) is 17.0. The Labute approximate surface area is 104 Å². The van der Waals surface area contributed by atoms with E-state index in [1.54, 1.807) is 0 Å². The van der Waals surface area contributed by atoms with E-state index in [9.17, 15) is 0 Å². The maximum atomic E-state index is 5.64. The summed E-state index contributed by atoms with van der Waals surface area (Å²) < 4.78 is 5.64. The average Bonchev–Trinajstić information content (AvgIpc) is 2.01. The van der Waals surface area contributed by atoms with E-state index in [0.717, 1.165) is 6.61 Å². The van der Waals surface area contributed by atoms with E-state index in [0.29, 0.717) is 0 Å². The summed E-state index contributed by atoms with van der Waals surface area (Å²) in [7, 11) is 0. The molecule has 0 bridgehead atoms. The molecular formula is C12H27LiO. The van der Waals surface area contributed by atoms with Gasteiger partial charge in [0, 0.05) is 6.61 Å². The molecule has 0 aromatic heterocycles. The average molecular weight is 194 g/mol. The number of rotatable bonds is 7. The van der Waals surface area contributed by atoms with Crippen LogP contribution < -0.4 is 18.9 Å². The van der Waals surface area contributed by atoms with Crippen LogP contribution in [0, 0.1) is 0 Å². The van der Waals surface area contributed by atoms with Crippen LogP contribution in [-0.4, -0.2) is 12.2 Å². The Morgan fingerprint density at radius 2 is 1.43 bits per heavy atom. The van der Waals surface area contributed by atoms with Gasteiger partial charge in [-0.05, 0) is 27.2 Å². The molecule has 0 aromatic rings. The molecule has 82 valence electrons. The van der Waals surface area contributed by atoms with Crippen LogP contribution in [0.4, 0.5) is 0 Å². The Morgan fingerprint density at radius 1 is 0.929 bits per heavy atom. The maximum absolute atomic E-state index is 5.64. The molecule has 0 unspecified atom stereocenters. The van der Waals surface area contributed by atoms with Gasteiger partial charge >= 0.3 is 18.9 Å². The largest absolute Gasteiger partial charge is 1.00 e. The number of unbranched alkanes of at least 4 members (excludes halogenated alkanes) is 5. The zero-order valence-corrected chi connectivity index (χ0v) is 10.9. The smallest absolute Gasteiger partial charge is 1.00 e. The van der Waals surface area contributed by atoms with Crippen molar-refractivity contribution in [1.29, 1.82) is 0 Å². The van der Waals surface area contributed by atoms with E-state index >= 15 is 0 Å². The molecule has 0 aliphatic heterocycles. The number of hydrogen-bond acceptors (Lipinski definition) is 1. The van der Waals surface area contributed by atoms with Gasteiger partial charge in [0.05, 0.1) is 5.60 Å². The van der Waals surface area contributed by atoms with Crippen LogP contribution in [0.5, 0.6) is 0 Å². The predicted octanol–water partition coefficient (Wildman–Crippen LogP) is 1.28. The third kappa shape index (κ3) is 15.0. The molecule has 0 spiro atoms. The van der Waals surface area contributed by atoms with Gasteiger partial charge in [-0.1, -0.05) is 39.0 Å². The number of ether oxygens (including phenoxy) is 1. The topological polar surface area (TPSA) is 9.23 Å². The van der Waals surface area contributed by atoms with E-state index < -0.39 is 0 Å². The van der Waals surface area contributed by atoms with Gasteiger partial charge in [-0.2, -0.15) is 0 Å². The molecular weight excluding hydrogens is 167 g/mol. The minimum atomic E-state index is 0. The molecule has 2 heteroatoms. The molecule has 14 heavy (non-hydrogen) atoms. The zero-order chi connectivity index (χ0) is 10.2. The Kier molecular flexibility index (Phi) is 12.2. The van der Waals surface area contributed by atoms with Crippen LogP contribution in [-0.2, 0) is 4.74 Å². The van der Waals surface area contributed by atoms with Gasteiger partial charge in [0.15, 0.2) is 0 Å². The van der Waals surface area contributed by atoms with Gasteiger partial charge in [-0.3, -0.25) is 0 Å². The SMILES string of the molecule is CCCCCCCCOC(C)(C)C.[H-].[Li+]. The monoisotopic (exact) mass is 194 g/mol. The third-order valence-electron chi connectivity index (χ3n) is 2.03. The van der Waals surface area contributed by atoms with E-state index in [1.807, 2.05) is 0 Å². The molecule has 0 radical (unpaired) electrons. The molecule has 0 N–H and O–H groups in total. The first-order chi connectivity index (χ1) is 6.06. The molecule has 0 aliphatic carbocycles. The van der Waals surface area contributed by atoms with Crippen LogP contribution in [0.3, 0.4) is 0 Å². The molecule has 0 saturated heterocycles. The van der Waals surface area contributed by atoms with Crippen molar-refractivity contribution in [2.75, 3.05) is 6.61 Å². The summed E-state index contributed by atoms with van der Waals surface area (Å²) in [5, 5.41) is 0. The minimum Gasteiger partial charge on any atom is -1.00 e. The summed E-state index contributed by atoms with van der Waals surface area (Å²) >= 11 is 0. The van der Waals surface area contributed by atoms with E-state index in [4.69, 9.17) is 4.74 Å². The van der Waals surface area contributed by atoms with Crippen molar-refractivity contribution in [2.45, 2.75) is 71.8 Å². The van der Waals surface area contributed by atoms with Crippen LogP contribution in [0.15, 0.2) is 0 Å². The molecule has 0 heterocycles. The van der Waals surface area contributed by atoms with Crippen LogP contribution in [0.1, 0.15) is 67.6 Å². The van der Waals surface area contributed by atoms with Crippen LogP contribution in [0.2, 0.25) is 0 Å². The van der Waals surface area contributed by atoms with E-state index in [1.165, 1.54) is 38.5 Å². The number of hydrogen-bond donors (Lipinski definition) is 0. The van der Waals surface area contributed by atoms with Crippen molar-refractivity contribution < 1.29 is 25.0 Å². The molecule has 0 aromatic carbocycles. The van der Waals surface area contributed by atoms with Crippen molar-refractivity contribution in [3.8, 4) is 0 Å². The first-order valence-electron chi connectivity index (χ1n) is 5.70. The van der Waals surface area contributed by atoms with E-state index in [-0.39, 0.29) is 25.9 Å². The fourth-order valence-electron chi connectivity index (χ4n) is 1.26. The molecule has 0 aliphatic rings. The Bertz CT molecular complexity index is 113. The molecule has 0 fully saturated rings. The quantitative estimate of drug-likeness (QED) is 0.438. The van der Waals surface area contributed by atoms with Gasteiger partial charge < -0.3 is 6.16 Å². The van der Waals surface area contributed by atoms with Gasteiger partial charge in [0.2, 0.25) is 0 Å². The van der Waals surface area contributed by atoms with Gasteiger partial charge in [0.1, 0.15) is 0 Å². The first-order valence-corrected chi connectivity index (χ1v) is 5.70. The maximum Gasteiger partial charge on any atom is 1.00 e. The van der Waals surface area contributed by atoms with Crippen LogP contribution >= 0.6 is 0 Å². The molecule has 1 nitrogen and oxygen atoms in total. The Balaban J connectivity index is -0.000000720. The minimum absolute atomic E-state index is 0. The van der Waals surface area contributed by atoms with Crippen molar-refractivity contribution >= 4 is 0 Å².